The van der Waals surface area contributed by atoms with Gasteiger partial charge >= 0.3 is 0 Å². The highest BCUT2D eigenvalue weighted by Crippen LogP contribution is 2.25. The number of nitrogens with zero attached hydrogens (tertiary/aromatic N) is 3. The minimum atomic E-state index is -0.152. The number of halogens is 1. The summed E-state index contributed by atoms with van der Waals surface area (Å²) in [6, 6.07) is 15.1. The van der Waals surface area contributed by atoms with Gasteiger partial charge in [-0.2, -0.15) is 5.10 Å². The Balaban J connectivity index is 1.42. The van der Waals surface area contributed by atoms with Gasteiger partial charge in [-0.3, -0.25) is 14.5 Å². The van der Waals surface area contributed by atoms with Gasteiger partial charge in [0.15, 0.2) is 10.6 Å². The van der Waals surface area contributed by atoms with E-state index in [9.17, 15) is 4.79 Å². The standard InChI is InChI=1S/C22H23ClN4O3S/c1-29-18-8-4-16(5-9-18)21-24-25-22(31)27(21)11-10-20(28)26-12-13-30-19(14-26)15-2-6-17(23)7-3-15/h2-9,19H,10-14H2,1H3,(H,25,31). The van der Waals surface area contributed by atoms with Crippen molar-refractivity contribution in [3.8, 4) is 17.1 Å². The number of morpholine rings is 1. The maximum atomic E-state index is 12.9. The van der Waals surface area contributed by atoms with Crippen LogP contribution in [0, 0.1) is 4.77 Å². The number of aromatic amines is 1. The van der Waals surface area contributed by atoms with Crippen LogP contribution in [0.1, 0.15) is 18.1 Å². The largest absolute Gasteiger partial charge is 0.497 e. The number of carbonyl (C=O) groups is 1. The van der Waals surface area contributed by atoms with E-state index in [-0.39, 0.29) is 12.0 Å². The van der Waals surface area contributed by atoms with Gasteiger partial charge in [-0.1, -0.05) is 23.7 Å². The van der Waals surface area contributed by atoms with E-state index in [2.05, 4.69) is 10.2 Å². The third-order valence-corrected chi connectivity index (χ3v) is 5.88. The van der Waals surface area contributed by atoms with Crippen LogP contribution in [-0.4, -0.2) is 52.4 Å². The molecule has 3 aromatic rings. The molecule has 1 N–H and O–H groups in total. The molecule has 1 unspecified atom stereocenters. The Labute approximate surface area is 190 Å². The molecule has 1 amide bonds. The zero-order chi connectivity index (χ0) is 21.8. The number of benzene rings is 2. The predicted molar refractivity (Wildman–Crippen MR) is 121 cm³/mol. The average molecular weight is 459 g/mol. The fourth-order valence-electron chi connectivity index (χ4n) is 3.61. The average Bonchev–Trinajstić information content (AvgIpc) is 3.18. The van der Waals surface area contributed by atoms with Crippen molar-refractivity contribution in [2.75, 3.05) is 26.8 Å². The van der Waals surface area contributed by atoms with Crippen LogP contribution >= 0.6 is 23.8 Å². The van der Waals surface area contributed by atoms with Gasteiger partial charge < -0.3 is 14.4 Å². The Hall–Kier alpha value is -2.68. The van der Waals surface area contributed by atoms with Crippen LogP contribution in [0.25, 0.3) is 11.4 Å². The van der Waals surface area contributed by atoms with Gasteiger partial charge in [0.2, 0.25) is 5.91 Å². The molecule has 7 nitrogen and oxygen atoms in total. The monoisotopic (exact) mass is 458 g/mol. The Morgan fingerprint density at radius 1 is 1.26 bits per heavy atom. The first-order valence-electron chi connectivity index (χ1n) is 9.99. The molecule has 1 aliphatic rings. The number of ether oxygens (including phenoxy) is 2. The van der Waals surface area contributed by atoms with Crippen LogP contribution in [0.2, 0.25) is 5.02 Å². The summed E-state index contributed by atoms with van der Waals surface area (Å²) in [6.45, 7) is 2.04. The molecule has 1 fully saturated rings. The molecule has 2 heterocycles. The molecule has 2 aromatic carbocycles. The normalized spacial score (nSPS) is 16.3. The van der Waals surface area contributed by atoms with Gasteiger partial charge in [0, 0.05) is 30.1 Å². The molecule has 9 heteroatoms. The van der Waals surface area contributed by atoms with Gasteiger partial charge in [-0.25, -0.2) is 0 Å². The first-order chi connectivity index (χ1) is 15.0. The second-order valence-electron chi connectivity index (χ2n) is 7.23. The maximum absolute atomic E-state index is 12.9. The van der Waals surface area contributed by atoms with Crippen molar-refractivity contribution in [1.29, 1.82) is 0 Å². The van der Waals surface area contributed by atoms with E-state index >= 15 is 0 Å². The molecule has 0 bridgehead atoms. The van der Waals surface area contributed by atoms with Gasteiger partial charge in [-0.15, -0.1) is 0 Å². The number of aromatic nitrogens is 3. The number of H-pyrrole nitrogens is 1. The highest BCUT2D eigenvalue weighted by atomic mass is 35.5. The summed E-state index contributed by atoms with van der Waals surface area (Å²) in [7, 11) is 1.62. The van der Waals surface area contributed by atoms with Gasteiger partial charge in [0.05, 0.1) is 20.3 Å². The third kappa shape index (κ3) is 4.98. The second kappa shape index (κ2) is 9.64. The number of hydrogen-bond acceptors (Lipinski definition) is 5. The highest BCUT2D eigenvalue weighted by Gasteiger charge is 2.25. The van der Waals surface area contributed by atoms with E-state index < -0.39 is 0 Å². The Morgan fingerprint density at radius 2 is 2.00 bits per heavy atom. The van der Waals surface area contributed by atoms with Crippen LogP contribution in [0.15, 0.2) is 48.5 Å². The lowest BCUT2D eigenvalue weighted by molar-refractivity contribution is -0.139. The fourth-order valence-corrected chi connectivity index (χ4v) is 3.96. The molecule has 1 aromatic heterocycles. The first-order valence-corrected chi connectivity index (χ1v) is 10.8. The summed E-state index contributed by atoms with van der Waals surface area (Å²) in [5.74, 6) is 1.52. The summed E-state index contributed by atoms with van der Waals surface area (Å²) < 4.78 is 13.4. The molecule has 31 heavy (non-hydrogen) atoms. The number of nitrogens with one attached hydrogen (secondary N) is 1. The molecule has 4 rings (SSSR count). The number of amides is 1. The minimum Gasteiger partial charge on any atom is -0.497 e. The molecule has 1 aliphatic heterocycles. The molecule has 0 spiro atoms. The zero-order valence-corrected chi connectivity index (χ0v) is 18.7. The summed E-state index contributed by atoms with van der Waals surface area (Å²) in [4.78, 5) is 14.8. The summed E-state index contributed by atoms with van der Waals surface area (Å²) in [5, 5.41) is 7.85. The molecule has 1 atom stereocenters. The van der Waals surface area contributed by atoms with Gasteiger partial charge in [0.25, 0.3) is 0 Å². The number of rotatable bonds is 6. The summed E-state index contributed by atoms with van der Waals surface area (Å²) in [6.07, 6.45) is 0.172. The van der Waals surface area contributed by atoms with E-state index in [4.69, 9.17) is 33.3 Å². The van der Waals surface area contributed by atoms with Crippen molar-refractivity contribution in [3.05, 3.63) is 63.9 Å². The van der Waals surface area contributed by atoms with Crippen LogP contribution in [0.3, 0.4) is 0 Å². The fraction of sp³-hybridized carbons (Fsp3) is 0.318. The van der Waals surface area contributed by atoms with Crippen LogP contribution in [0.5, 0.6) is 5.75 Å². The Kier molecular flexibility index (Phi) is 6.70. The van der Waals surface area contributed by atoms with Gasteiger partial charge in [0.1, 0.15) is 11.9 Å². The molecule has 0 saturated carbocycles. The van der Waals surface area contributed by atoms with Crippen LogP contribution in [0.4, 0.5) is 0 Å². The molecule has 0 radical (unpaired) electrons. The van der Waals surface area contributed by atoms with Crippen molar-refractivity contribution in [1.82, 2.24) is 19.7 Å². The maximum Gasteiger partial charge on any atom is 0.224 e. The van der Waals surface area contributed by atoms with Crippen molar-refractivity contribution < 1.29 is 14.3 Å². The summed E-state index contributed by atoms with van der Waals surface area (Å²) in [5.41, 5.74) is 1.91. The van der Waals surface area contributed by atoms with Crippen molar-refractivity contribution in [2.45, 2.75) is 19.1 Å². The van der Waals surface area contributed by atoms with Crippen molar-refractivity contribution >= 4 is 29.7 Å². The molecule has 162 valence electrons. The number of hydrogen-bond donors (Lipinski definition) is 1. The quantitative estimate of drug-likeness (QED) is 0.559. The van der Waals surface area contributed by atoms with Crippen LogP contribution < -0.4 is 4.74 Å². The Bertz CT molecular complexity index is 1100. The molecular weight excluding hydrogens is 436 g/mol. The number of carbonyl (C=O) groups excluding carboxylic acids is 1. The SMILES string of the molecule is COc1ccc(-c2n[nH]c(=S)n2CCC(=O)N2CCOC(c3ccc(Cl)cc3)C2)cc1. The van der Waals surface area contributed by atoms with E-state index in [1.165, 1.54) is 0 Å². The molecule has 1 saturated heterocycles. The smallest absolute Gasteiger partial charge is 0.224 e. The van der Waals surface area contributed by atoms with Gasteiger partial charge in [-0.05, 0) is 54.2 Å². The molecular formula is C22H23ClN4O3S. The third-order valence-electron chi connectivity index (χ3n) is 5.32. The topological polar surface area (TPSA) is 72.4 Å². The zero-order valence-electron chi connectivity index (χ0n) is 17.1. The van der Waals surface area contributed by atoms with Crippen LogP contribution in [-0.2, 0) is 16.1 Å². The molecule has 0 aliphatic carbocycles. The summed E-state index contributed by atoms with van der Waals surface area (Å²) >= 11 is 11.4. The van der Waals surface area contributed by atoms with E-state index in [0.29, 0.717) is 48.3 Å². The second-order valence-corrected chi connectivity index (χ2v) is 8.06. The minimum absolute atomic E-state index is 0.0612. The van der Waals surface area contributed by atoms with E-state index in [1.54, 1.807) is 7.11 Å². The van der Waals surface area contributed by atoms with Crippen molar-refractivity contribution in [2.24, 2.45) is 0 Å². The van der Waals surface area contributed by atoms with E-state index in [0.717, 1.165) is 16.9 Å². The highest BCUT2D eigenvalue weighted by molar-refractivity contribution is 7.71. The lowest BCUT2D eigenvalue weighted by atomic mass is 10.1. The van der Waals surface area contributed by atoms with E-state index in [1.807, 2.05) is 58.0 Å². The lowest BCUT2D eigenvalue weighted by Crippen LogP contribution is -2.42. The predicted octanol–water partition coefficient (Wildman–Crippen LogP) is 4.26. The van der Waals surface area contributed by atoms with Crippen molar-refractivity contribution in [3.63, 3.8) is 0 Å². The first kappa shape index (κ1) is 21.5. The lowest BCUT2D eigenvalue weighted by Gasteiger charge is -2.33. The number of methoxy groups -OCH3 is 1. The Morgan fingerprint density at radius 3 is 2.71 bits per heavy atom.